The third-order valence-corrected chi connectivity index (χ3v) is 2.91. The van der Waals surface area contributed by atoms with Crippen molar-refractivity contribution in [2.45, 2.75) is 19.3 Å². The lowest BCUT2D eigenvalue weighted by Crippen LogP contribution is -2.39. The first-order valence-electron chi connectivity index (χ1n) is 7.23. The Morgan fingerprint density at radius 1 is 1.17 bits per heavy atom. The number of aliphatic hydroxyl groups is 1. The van der Waals surface area contributed by atoms with Crippen LogP contribution in [0.3, 0.4) is 0 Å². The molecule has 0 fully saturated rings. The number of hydrogen-bond donors (Lipinski definition) is 4. The van der Waals surface area contributed by atoms with Gasteiger partial charge < -0.3 is 20.0 Å². The Bertz CT molecular complexity index is 567. The van der Waals surface area contributed by atoms with Crippen LogP contribution in [-0.2, 0) is 0 Å². The van der Waals surface area contributed by atoms with Gasteiger partial charge in [-0.2, -0.15) is 0 Å². The van der Waals surface area contributed by atoms with Crippen LogP contribution < -0.4 is 26.1 Å². The second-order valence-electron chi connectivity index (χ2n) is 4.85. The minimum absolute atomic E-state index is 0.195. The van der Waals surface area contributed by atoms with Gasteiger partial charge in [-0.05, 0) is 25.1 Å². The number of aliphatic hydroxyl groups excluding tert-OH is 1. The SMILES string of the molecule is CC(NCC(O)COc1ccccc1)Oc1ccc(NN)nn1. The Kier molecular flexibility index (Phi) is 6.55. The number of anilines is 1. The minimum Gasteiger partial charge on any atom is -0.491 e. The zero-order chi connectivity index (χ0) is 16.5. The van der Waals surface area contributed by atoms with Crippen molar-refractivity contribution in [2.75, 3.05) is 18.6 Å². The molecule has 8 nitrogen and oxygen atoms in total. The van der Waals surface area contributed by atoms with Crippen molar-refractivity contribution >= 4 is 5.82 Å². The summed E-state index contributed by atoms with van der Waals surface area (Å²) >= 11 is 0. The average Bonchev–Trinajstić information content (AvgIpc) is 2.60. The molecule has 23 heavy (non-hydrogen) atoms. The summed E-state index contributed by atoms with van der Waals surface area (Å²) in [7, 11) is 0. The molecule has 124 valence electrons. The van der Waals surface area contributed by atoms with Crippen molar-refractivity contribution in [3.63, 3.8) is 0 Å². The Balaban J connectivity index is 1.67. The van der Waals surface area contributed by atoms with E-state index in [2.05, 4.69) is 20.9 Å². The molecule has 1 aromatic heterocycles. The predicted octanol–water partition coefficient (Wildman–Crippen LogP) is 0.516. The third-order valence-electron chi connectivity index (χ3n) is 2.91. The molecule has 1 aromatic carbocycles. The summed E-state index contributed by atoms with van der Waals surface area (Å²) in [5.74, 6) is 6.74. The van der Waals surface area contributed by atoms with Gasteiger partial charge in [-0.25, -0.2) is 5.84 Å². The molecule has 2 atom stereocenters. The number of nitrogen functional groups attached to an aromatic ring is 1. The van der Waals surface area contributed by atoms with Crippen molar-refractivity contribution in [1.29, 1.82) is 0 Å². The van der Waals surface area contributed by atoms with E-state index in [1.807, 2.05) is 37.3 Å². The van der Waals surface area contributed by atoms with E-state index in [1.54, 1.807) is 12.1 Å². The summed E-state index contributed by atoms with van der Waals surface area (Å²) in [4.78, 5) is 0. The number of hydrogen-bond acceptors (Lipinski definition) is 8. The number of nitrogens with two attached hydrogens (primary N) is 1. The number of nitrogens with one attached hydrogen (secondary N) is 2. The molecule has 2 aromatic rings. The van der Waals surface area contributed by atoms with Gasteiger partial charge in [0.15, 0.2) is 5.82 Å². The van der Waals surface area contributed by atoms with Gasteiger partial charge >= 0.3 is 0 Å². The quantitative estimate of drug-likeness (QED) is 0.300. The molecule has 0 bridgehead atoms. The van der Waals surface area contributed by atoms with E-state index in [0.717, 1.165) is 5.75 Å². The van der Waals surface area contributed by atoms with Gasteiger partial charge in [0.05, 0.1) is 0 Å². The van der Waals surface area contributed by atoms with Crippen molar-refractivity contribution in [2.24, 2.45) is 5.84 Å². The average molecular weight is 319 g/mol. The van der Waals surface area contributed by atoms with Crippen LogP contribution in [0, 0.1) is 0 Å². The summed E-state index contributed by atoms with van der Waals surface area (Å²) in [5, 5.41) is 20.6. The lowest BCUT2D eigenvalue weighted by atomic mass is 10.3. The molecule has 2 rings (SSSR count). The molecule has 0 saturated heterocycles. The summed E-state index contributed by atoms with van der Waals surface area (Å²) in [6, 6.07) is 12.6. The van der Waals surface area contributed by atoms with Gasteiger partial charge in [0.1, 0.15) is 24.7 Å². The molecular formula is C15H21N5O3. The Morgan fingerprint density at radius 2 is 1.96 bits per heavy atom. The van der Waals surface area contributed by atoms with Crippen molar-refractivity contribution in [1.82, 2.24) is 15.5 Å². The highest BCUT2D eigenvalue weighted by molar-refractivity contribution is 5.32. The number of benzene rings is 1. The second-order valence-corrected chi connectivity index (χ2v) is 4.85. The molecule has 2 unspecified atom stereocenters. The number of ether oxygens (including phenoxy) is 2. The van der Waals surface area contributed by atoms with Gasteiger partial charge in [-0.3, -0.25) is 5.32 Å². The maximum absolute atomic E-state index is 9.90. The topological polar surface area (TPSA) is 115 Å². The van der Waals surface area contributed by atoms with Gasteiger partial charge in [-0.1, -0.05) is 18.2 Å². The van der Waals surface area contributed by atoms with Crippen LogP contribution in [0.1, 0.15) is 6.92 Å². The smallest absolute Gasteiger partial charge is 0.235 e. The lowest BCUT2D eigenvalue weighted by molar-refractivity contribution is 0.0853. The highest BCUT2D eigenvalue weighted by atomic mass is 16.5. The van der Waals surface area contributed by atoms with Crippen LogP contribution in [0.25, 0.3) is 0 Å². The molecule has 0 aliphatic rings. The minimum atomic E-state index is -0.656. The maximum Gasteiger partial charge on any atom is 0.235 e. The normalized spacial score (nSPS) is 13.2. The van der Waals surface area contributed by atoms with Gasteiger partial charge in [0, 0.05) is 12.6 Å². The lowest BCUT2D eigenvalue weighted by Gasteiger charge is -2.18. The van der Waals surface area contributed by atoms with Crippen LogP contribution in [0.5, 0.6) is 11.6 Å². The molecule has 0 aliphatic carbocycles. The molecule has 8 heteroatoms. The summed E-state index contributed by atoms with van der Waals surface area (Å²) < 4.78 is 11.0. The Morgan fingerprint density at radius 3 is 2.61 bits per heavy atom. The monoisotopic (exact) mass is 319 g/mol. The fourth-order valence-corrected chi connectivity index (χ4v) is 1.75. The first-order valence-corrected chi connectivity index (χ1v) is 7.23. The zero-order valence-electron chi connectivity index (χ0n) is 12.8. The molecule has 0 spiro atoms. The van der Waals surface area contributed by atoms with E-state index < -0.39 is 6.10 Å². The van der Waals surface area contributed by atoms with E-state index in [1.165, 1.54) is 0 Å². The summed E-state index contributed by atoms with van der Waals surface area (Å²) in [6.45, 7) is 2.33. The Hall–Kier alpha value is -2.42. The number of nitrogens with zero attached hydrogens (tertiary/aromatic N) is 2. The molecule has 0 radical (unpaired) electrons. The number of rotatable bonds is 9. The van der Waals surface area contributed by atoms with Gasteiger partial charge in [0.25, 0.3) is 0 Å². The third kappa shape index (κ3) is 6.07. The van der Waals surface area contributed by atoms with E-state index >= 15 is 0 Å². The molecule has 1 heterocycles. The first-order chi connectivity index (χ1) is 11.2. The van der Waals surface area contributed by atoms with E-state index in [-0.39, 0.29) is 12.8 Å². The second kappa shape index (κ2) is 8.89. The summed E-state index contributed by atoms with van der Waals surface area (Å²) in [6.07, 6.45) is -0.997. The van der Waals surface area contributed by atoms with Crippen molar-refractivity contribution in [3.8, 4) is 11.6 Å². The highest BCUT2D eigenvalue weighted by Gasteiger charge is 2.10. The van der Waals surface area contributed by atoms with Crippen molar-refractivity contribution < 1.29 is 14.6 Å². The molecule has 0 amide bonds. The fourth-order valence-electron chi connectivity index (χ4n) is 1.75. The van der Waals surface area contributed by atoms with Gasteiger partial charge in [0.2, 0.25) is 5.88 Å². The number of para-hydroxylation sites is 1. The Labute approximate surface area is 134 Å². The fraction of sp³-hybridized carbons (Fsp3) is 0.333. The van der Waals surface area contributed by atoms with Gasteiger partial charge in [-0.15, -0.1) is 10.2 Å². The zero-order valence-corrected chi connectivity index (χ0v) is 12.8. The highest BCUT2D eigenvalue weighted by Crippen LogP contribution is 2.09. The maximum atomic E-state index is 9.90. The predicted molar refractivity (Wildman–Crippen MR) is 85.9 cm³/mol. The largest absolute Gasteiger partial charge is 0.491 e. The molecule has 0 saturated carbocycles. The standard InChI is InChI=1S/C15H21N5O3/c1-11(23-15-8-7-14(18-16)19-20-15)17-9-12(21)10-22-13-5-3-2-4-6-13/h2-8,11-12,17,21H,9-10,16H2,1H3,(H,18,19). The van der Waals surface area contributed by atoms with Crippen molar-refractivity contribution in [3.05, 3.63) is 42.5 Å². The van der Waals surface area contributed by atoms with E-state index in [4.69, 9.17) is 15.3 Å². The van der Waals surface area contributed by atoms with Crippen LogP contribution in [-0.4, -0.2) is 40.8 Å². The molecule has 0 aliphatic heterocycles. The van der Waals surface area contributed by atoms with E-state index in [9.17, 15) is 5.11 Å². The molecular weight excluding hydrogens is 298 g/mol. The van der Waals surface area contributed by atoms with Crippen LogP contribution >= 0.6 is 0 Å². The van der Waals surface area contributed by atoms with E-state index in [0.29, 0.717) is 18.2 Å². The number of hydrazine groups is 1. The van der Waals surface area contributed by atoms with Crippen LogP contribution in [0.4, 0.5) is 5.82 Å². The molecule has 5 N–H and O–H groups in total. The first kappa shape index (κ1) is 16.9. The van der Waals surface area contributed by atoms with Crippen LogP contribution in [0.15, 0.2) is 42.5 Å². The number of aromatic nitrogens is 2. The van der Waals surface area contributed by atoms with Crippen LogP contribution in [0.2, 0.25) is 0 Å². The summed E-state index contributed by atoms with van der Waals surface area (Å²) in [5.41, 5.74) is 2.38.